The van der Waals surface area contributed by atoms with Gasteiger partial charge in [0.1, 0.15) is 0 Å². The predicted molar refractivity (Wildman–Crippen MR) is 108 cm³/mol. The quantitative estimate of drug-likeness (QED) is 0.646. The van der Waals surface area contributed by atoms with Crippen molar-refractivity contribution in [1.29, 1.82) is 0 Å². The molecular weight excluding hydrogens is 344 g/mol. The van der Waals surface area contributed by atoms with E-state index in [1.807, 2.05) is 29.5 Å². The number of carbonyl (C=O) groups is 1. The van der Waals surface area contributed by atoms with Gasteiger partial charge in [0.05, 0.1) is 22.8 Å². The van der Waals surface area contributed by atoms with Crippen LogP contribution in [0.4, 0.5) is 0 Å². The summed E-state index contributed by atoms with van der Waals surface area (Å²) in [6, 6.07) is 4.26. The molecule has 0 N–H and O–H groups in total. The van der Waals surface area contributed by atoms with E-state index in [9.17, 15) is 4.79 Å². The van der Waals surface area contributed by atoms with Crippen molar-refractivity contribution in [3.63, 3.8) is 0 Å². The molecule has 0 saturated carbocycles. The molecule has 3 rings (SSSR count). The van der Waals surface area contributed by atoms with Crippen LogP contribution in [0.1, 0.15) is 53.8 Å². The Bertz CT molecular complexity index is 950. The Morgan fingerprint density at radius 1 is 1.23 bits per heavy atom. The van der Waals surface area contributed by atoms with E-state index in [1.54, 1.807) is 17.5 Å². The smallest absolute Gasteiger partial charge is 0.254 e. The van der Waals surface area contributed by atoms with Crippen LogP contribution >= 0.6 is 11.3 Å². The molecule has 26 heavy (non-hydrogen) atoms. The minimum absolute atomic E-state index is 0.0385. The number of thiophene rings is 1. The fourth-order valence-electron chi connectivity index (χ4n) is 3.28. The minimum Gasteiger partial charge on any atom is -0.339 e. The zero-order valence-electron chi connectivity index (χ0n) is 16.3. The molecule has 0 aliphatic rings. The van der Waals surface area contributed by atoms with Crippen molar-refractivity contribution in [1.82, 2.24) is 19.7 Å². The van der Waals surface area contributed by atoms with E-state index in [4.69, 9.17) is 4.98 Å². The molecule has 0 aliphatic heterocycles. The number of carbonyl (C=O) groups excluding carboxylic acids is 1. The summed E-state index contributed by atoms with van der Waals surface area (Å²) in [6.45, 7) is 13.7. The molecule has 3 aromatic rings. The number of aromatic nitrogens is 3. The zero-order chi connectivity index (χ0) is 19.0. The third kappa shape index (κ3) is 3.14. The van der Waals surface area contributed by atoms with Crippen molar-refractivity contribution in [3.8, 4) is 11.3 Å². The molecule has 6 heteroatoms. The maximum atomic E-state index is 13.1. The van der Waals surface area contributed by atoms with E-state index in [1.165, 1.54) is 9.75 Å². The first kappa shape index (κ1) is 18.6. The largest absolute Gasteiger partial charge is 0.339 e. The Balaban J connectivity index is 2.28. The van der Waals surface area contributed by atoms with E-state index in [-0.39, 0.29) is 11.9 Å². The summed E-state index contributed by atoms with van der Waals surface area (Å²) in [5.41, 5.74) is 3.40. The molecular formula is C20H26N4OS. The molecule has 0 fully saturated rings. The van der Waals surface area contributed by atoms with Crippen molar-refractivity contribution in [2.45, 2.75) is 47.6 Å². The molecule has 0 radical (unpaired) electrons. The fraction of sp³-hybridized carbons (Fsp3) is 0.450. The van der Waals surface area contributed by atoms with Gasteiger partial charge >= 0.3 is 0 Å². The first-order chi connectivity index (χ1) is 12.4. The van der Waals surface area contributed by atoms with Crippen LogP contribution in [0.25, 0.3) is 22.3 Å². The number of aryl methyl sites for hydroxylation is 2. The number of hydrogen-bond donors (Lipinski definition) is 0. The number of pyridine rings is 1. The summed E-state index contributed by atoms with van der Waals surface area (Å²) in [5, 5.41) is 5.32. The van der Waals surface area contributed by atoms with Crippen LogP contribution in [0.3, 0.4) is 0 Å². The van der Waals surface area contributed by atoms with Crippen LogP contribution in [0.2, 0.25) is 0 Å². The fourth-order valence-corrected chi connectivity index (χ4v) is 4.21. The van der Waals surface area contributed by atoms with Gasteiger partial charge < -0.3 is 4.90 Å². The van der Waals surface area contributed by atoms with Gasteiger partial charge in [-0.15, -0.1) is 11.3 Å². The average molecular weight is 371 g/mol. The molecule has 0 aliphatic carbocycles. The summed E-state index contributed by atoms with van der Waals surface area (Å²) in [4.78, 5) is 22.3. The van der Waals surface area contributed by atoms with Gasteiger partial charge in [0.15, 0.2) is 5.65 Å². The third-order valence-electron chi connectivity index (χ3n) is 4.65. The molecule has 0 bridgehead atoms. The van der Waals surface area contributed by atoms with Gasteiger partial charge in [-0.1, -0.05) is 0 Å². The van der Waals surface area contributed by atoms with Crippen molar-refractivity contribution >= 4 is 28.3 Å². The van der Waals surface area contributed by atoms with Gasteiger partial charge in [0.2, 0.25) is 0 Å². The highest BCUT2D eigenvalue weighted by Gasteiger charge is 2.22. The van der Waals surface area contributed by atoms with E-state index in [0.717, 1.165) is 22.3 Å². The molecule has 0 saturated heterocycles. The van der Waals surface area contributed by atoms with Gasteiger partial charge in [0.25, 0.3) is 5.91 Å². The number of hydrogen-bond acceptors (Lipinski definition) is 4. The molecule has 0 unspecified atom stereocenters. The molecule has 0 atom stereocenters. The Morgan fingerprint density at radius 3 is 2.46 bits per heavy atom. The maximum absolute atomic E-state index is 13.1. The maximum Gasteiger partial charge on any atom is 0.254 e. The Kier molecular flexibility index (Phi) is 5.14. The van der Waals surface area contributed by atoms with Crippen molar-refractivity contribution in [3.05, 3.63) is 33.6 Å². The van der Waals surface area contributed by atoms with Crippen LogP contribution < -0.4 is 0 Å². The lowest BCUT2D eigenvalue weighted by Crippen LogP contribution is -2.30. The van der Waals surface area contributed by atoms with Gasteiger partial charge in [-0.3, -0.25) is 4.79 Å². The third-order valence-corrected chi connectivity index (χ3v) is 5.62. The van der Waals surface area contributed by atoms with Gasteiger partial charge in [-0.25, -0.2) is 9.67 Å². The van der Waals surface area contributed by atoms with E-state index >= 15 is 0 Å². The zero-order valence-corrected chi connectivity index (χ0v) is 17.1. The Morgan fingerprint density at radius 2 is 1.92 bits per heavy atom. The lowest BCUT2D eigenvalue weighted by atomic mass is 10.1. The molecule has 138 valence electrons. The van der Waals surface area contributed by atoms with Gasteiger partial charge in [-0.05, 0) is 53.7 Å². The molecule has 0 spiro atoms. The first-order valence-corrected chi connectivity index (χ1v) is 9.93. The highest BCUT2D eigenvalue weighted by Crippen LogP contribution is 2.32. The van der Waals surface area contributed by atoms with Crippen LogP contribution in [0, 0.1) is 13.8 Å². The summed E-state index contributed by atoms with van der Waals surface area (Å²) < 4.78 is 1.90. The standard InChI is InChI=1S/C20H26N4OS/c1-7-23(8-2)20(25)16-10-18(15-9-13(5)26-14(15)6)22-19-17(16)11-21-24(19)12(3)4/h9-12H,7-8H2,1-6H3. The van der Waals surface area contributed by atoms with Gasteiger partial charge in [-0.2, -0.15) is 5.10 Å². The second-order valence-corrected chi connectivity index (χ2v) is 8.24. The summed E-state index contributed by atoms with van der Waals surface area (Å²) >= 11 is 1.75. The lowest BCUT2D eigenvalue weighted by Gasteiger charge is -2.19. The first-order valence-electron chi connectivity index (χ1n) is 9.12. The molecule has 3 aromatic heterocycles. The summed E-state index contributed by atoms with van der Waals surface area (Å²) in [7, 11) is 0. The normalized spacial score (nSPS) is 11.5. The number of fused-ring (bicyclic) bond motifs is 1. The number of nitrogens with zero attached hydrogens (tertiary/aromatic N) is 4. The topological polar surface area (TPSA) is 51.0 Å². The van der Waals surface area contributed by atoms with Crippen LogP contribution in [0.5, 0.6) is 0 Å². The Labute approximate surface area is 158 Å². The summed E-state index contributed by atoms with van der Waals surface area (Å²) in [6.07, 6.45) is 1.77. The monoisotopic (exact) mass is 370 g/mol. The molecule has 1 amide bonds. The highest BCUT2D eigenvalue weighted by atomic mass is 32.1. The molecule has 0 aromatic carbocycles. The predicted octanol–water partition coefficient (Wildman–Crippen LogP) is 4.84. The SMILES string of the molecule is CCN(CC)C(=O)c1cc(-c2cc(C)sc2C)nc2c1cnn2C(C)C. The number of amides is 1. The molecule has 5 nitrogen and oxygen atoms in total. The minimum atomic E-state index is 0.0385. The van der Waals surface area contributed by atoms with Crippen molar-refractivity contribution < 1.29 is 4.79 Å². The second kappa shape index (κ2) is 7.19. The number of rotatable bonds is 5. The van der Waals surface area contributed by atoms with E-state index < -0.39 is 0 Å². The summed E-state index contributed by atoms with van der Waals surface area (Å²) in [5.74, 6) is 0.0385. The van der Waals surface area contributed by atoms with E-state index in [2.05, 4.69) is 38.9 Å². The van der Waals surface area contributed by atoms with Crippen LogP contribution in [-0.2, 0) is 0 Å². The molecule has 3 heterocycles. The lowest BCUT2D eigenvalue weighted by molar-refractivity contribution is 0.0775. The highest BCUT2D eigenvalue weighted by molar-refractivity contribution is 7.12. The van der Waals surface area contributed by atoms with Crippen LogP contribution in [0.15, 0.2) is 18.3 Å². The van der Waals surface area contributed by atoms with Crippen LogP contribution in [-0.4, -0.2) is 38.7 Å². The van der Waals surface area contributed by atoms with Gasteiger partial charge in [0, 0.05) is 34.4 Å². The second-order valence-electron chi connectivity index (χ2n) is 6.78. The van der Waals surface area contributed by atoms with Crippen molar-refractivity contribution in [2.75, 3.05) is 13.1 Å². The Hall–Kier alpha value is -2.21. The van der Waals surface area contributed by atoms with Crippen molar-refractivity contribution in [2.24, 2.45) is 0 Å². The van der Waals surface area contributed by atoms with E-state index in [0.29, 0.717) is 18.7 Å². The average Bonchev–Trinajstić information content (AvgIpc) is 3.17.